The molecule has 0 radical (unpaired) electrons. The molecule has 1 fully saturated rings. The summed E-state index contributed by atoms with van der Waals surface area (Å²) in [4.78, 5) is 18.6. The zero-order valence-electron chi connectivity index (χ0n) is 13.7. The van der Waals surface area contributed by atoms with E-state index in [1.807, 2.05) is 25.3 Å². The van der Waals surface area contributed by atoms with Crippen LogP contribution in [-0.4, -0.2) is 35.2 Å². The number of aryl methyl sites for hydroxylation is 2. The summed E-state index contributed by atoms with van der Waals surface area (Å²) in [5, 5.41) is 3.01. The molecule has 1 N–H and O–H groups in total. The summed E-state index contributed by atoms with van der Waals surface area (Å²) in [6.45, 7) is 7.07. The molecule has 0 spiro atoms. The Morgan fingerprint density at radius 1 is 1.39 bits per heavy atom. The van der Waals surface area contributed by atoms with Crippen LogP contribution in [0.25, 0.3) is 0 Å². The van der Waals surface area contributed by atoms with Crippen LogP contribution in [0.15, 0.2) is 18.3 Å². The second-order valence-electron chi connectivity index (χ2n) is 5.96. The van der Waals surface area contributed by atoms with Crippen molar-refractivity contribution < 1.29 is 9.53 Å². The quantitative estimate of drug-likeness (QED) is 0.915. The number of nitrogens with one attached hydrogen (secondary N) is 1. The molecule has 1 aliphatic rings. The number of carbonyl (C=O) groups is 1. The van der Waals surface area contributed by atoms with Crippen LogP contribution in [0, 0.1) is 13.8 Å². The van der Waals surface area contributed by atoms with Crippen LogP contribution in [0.2, 0.25) is 0 Å². The molecule has 0 bridgehead atoms. The summed E-state index contributed by atoms with van der Waals surface area (Å²) in [7, 11) is 0. The minimum atomic E-state index is 0.00786. The Labute approximate surface area is 140 Å². The summed E-state index contributed by atoms with van der Waals surface area (Å²) in [5.74, 6) is 1.61. The van der Waals surface area contributed by atoms with Crippen molar-refractivity contribution in [1.82, 2.24) is 14.9 Å². The summed E-state index contributed by atoms with van der Waals surface area (Å²) < 4.78 is 7.67. The highest BCUT2D eigenvalue weighted by Crippen LogP contribution is 2.26. The second kappa shape index (κ2) is 7.27. The van der Waals surface area contributed by atoms with E-state index in [-0.39, 0.29) is 5.91 Å². The summed E-state index contributed by atoms with van der Waals surface area (Å²) in [5.41, 5.74) is 1.15. The standard InChI is InChI=1S/C17H23N3O2S/c1-12-11-19-16(14-5-9-22-10-6-14)20(12)8-7-18-17(21)15-4-3-13(2)23-15/h3-4,11,14H,5-10H2,1-2H3,(H,18,21). The minimum absolute atomic E-state index is 0.00786. The first-order valence-electron chi connectivity index (χ1n) is 8.09. The Morgan fingerprint density at radius 3 is 2.87 bits per heavy atom. The van der Waals surface area contributed by atoms with Crippen LogP contribution in [0.5, 0.6) is 0 Å². The van der Waals surface area contributed by atoms with Gasteiger partial charge in [-0.1, -0.05) is 0 Å². The number of aromatic nitrogens is 2. The van der Waals surface area contributed by atoms with Crippen molar-refractivity contribution in [2.24, 2.45) is 0 Å². The number of carbonyl (C=O) groups excluding carboxylic acids is 1. The maximum Gasteiger partial charge on any atom is 0.261 e. The van der Waals surface area contributed by atoms with Crippen LogP contribution in [0.4, 0.5) is 0 Å². The lowest BCUT2D eigenvalue weighted by Gasteiger charge is -2.23. The van der Waals surface area contributed by atoms with Crippen molar-refractivity contribution >= 4 is 17.2 Å². The largest absolute Gasteiger partial charge is 0.381 e. The molecule has 23 heavy (non-hydrogen) atoms. The van der Waals surface area contributed by atoms with Gasteiger partial charge < -0.3 is 14.6 Å². The summed E-state index contributed by atoms with van der Waals surface area (Å²) >= 11 is 1.53. The molecule has 1 saturated heterocycles. The number of ether oxygens (including phenoxy) is 1. The van der Waals surface area contributed by atoms with Gasteiger partial charge in [-0.05, 0) is 38.8 Å². The zero-order chi connectivity index (χ0) is 16.2. The third-order valence-corrected chi connectivity index (χ3v) is 5.26. The number of hydrogen-bond acceptors (Lipinski definition) is 4. The van der Waals surface area contributed by atoms with Crippen LogP contribution in [0.1, 0.15) is 44.8 Å². The van der Waals surface area contributed by atoms with Gasteiger partial charge in [-0.15, -0.1) is 11.3 Å². The molecule has 0 saturated carbocycles. The first-order chi connectivity index (χ1) is 11.1. The third-order valence-electron chi connectivity index (χ3n) is 4.26. The van der Waals surface area contributed by atoms with Gasteiger partial charge in [0.15, 0.2) is 0 Å². The predicted molar refractivity (Wildman–Crippen MR) is 91.1 cm³/mol. The zero-order valence-corrected chi connectivity index (χ0v) is 14.5. The van der Waals surface area contributed by atoms with E-state index in [1.54, 1.807) is 0 Å². The van der Waals surface area contributed by atoms with E-state index in [4.69, 9.17) is 4.74 Å². The second-order valence-corrected chi connectivity index (χ2v) is 7.25. The molecule has 6 heteroatoms. The minimum Gasteiger partial charge on any atom is -0.381 e. The van der Waals surface area contributed by atoms with Crippen molar-refractivity contribution in [1.29, 1.82) is 0 Å². The van der Waals surface area contributed by atoms with Crippen molar-refractivity contribution in [3.8, 4) is 0 Å². The van der Waals surface area contributed by atoms with Crippen molar-refractivity contribution in [3.05, 3.63) is 39.6 Å². The van der Waals surface area contributed by atoms with E-state index in [0.717, 1.165) is 53.9 Å². The molecule has 2 aromatic heterocycles. The van der Waals surface area contributed by atoms with Crippen LogP contribution >= 0.6 is 11.3 Å². The van der Waals surface area contributed by atoms with E-state index < -0.39 is 0 Å². The molecule has 124 valence electrons. The Bertz CT molecular complexity index is 671. The average Bonchev–Trinajstić information content (AvgIpc) is 3.15. The summed E-state index contributed by atoms with van der Waals surface area (Å²) in [6, 6.07) is 3.86. The Kier molecular flexibility index (Phi) is 5.13. The monoisotopic (exact) mass is 333 g/mol. The van der Waals surface area contributed by atoms with Crippen LogP contribution < -0.4 is 5.32 Å². The molecule has 0 aromatic carbocycles. The fourth-order valence-electron chi connectivity index (χ4n) is 2.98. The molecule has 3 rings (SSSR count). The molecule has 3 heterocycles. The van der Waals surface area contributed by atoms with Gasteiger partial charge in [0.25, 0.3) is 5.91 Å². The number of imidazole rings is 1. The van der Waals surface area contributed by atoms with Gasteiger partial charge in [-0.2, -0.15) is 0 Å². The van der Waals surface area contributed by atoms with E-state index in [2.05, 4.69) is 21.8 Å². The molecule has 0 unspecified atom stereocenters. The Morgan fingerprint density at radius 2 is 2.17 bits per heavy atom. The van der Waals surface area contributed by atoms with Crippen LogP contribution in [0.3, 0.4) is 0 Å². The van der Waals surface area contributed by atoms with Crippen molar-refractivity contribution in [2.75, 3.05) is 19.8 Å². The number of rotatable bonds is 5. The lowest BCUT2D eigenvalue weighted by atomic mass is 9.99. The van der Waals surface area contributed by atoms with Crippen molar-refractivity contribution in [3.63, 3.8) is 0 Å². The fourth-order valence-corrected chi connectivity index (χ4v) is 3.76. The Balaban J connectivity index is 1.59. The molecular weight excluding hydrogens is 310 g/mol. The third kappa shape index (κ3) is 3.82. The van der Waals surface area contributed by atoms with E-state index >= 15 is 0 Å². The maximum atomic E-state index is 12.1. The van der Waals surface area contributed by atoms with Gasteiger partial charge in [-0.3, -0.25) is 4.79 Å². The van der Waals surface area contributed by atoms with Gasteiger partial charge >= 0.3 is 0 Å². The topological polar surface area (TPSA) is 56.2 Å². The molecule has 1 aliphatic heterocycles. The molecule has 0 aliphatic carbocycles. The first kappa shape index (κ1) is 16.2. The number of nitrogens with zero attached hydrogens (tertiary/aromatic N) is 2. The van der Waals surface area contributed by atoms with Gasteiger partial charge in [0.05, 0.1) is 4.88 Å². The first-order valence-corrected chi connectivity index (χ1v) is 8.91. The Hall–Kier alpha value is -1.66. The number of thiophene rings is 1. The van der Waals surface area contributed by atoms with E-state index in [0.29, 0.717) is 12.5 Å². The number of hydrogen-bond donors (Lipinski definition) is 1. The normalized spacial score (nSPS) is 15.7. The van der Waals surface area contributed by atoms with Gasteiger partial charge in [0.1, 0.15) is 5.82 Å². The fraction of sp³-hybridized carbons (Fsp3) is 0.529. The summed E-state index contributed by atoms with van der Waals surface area (Å²) in [6.07, 6.45) is 3.98. The van der Waals surface area contributed by atoms with Crippen LogP contribution in [-0.2, 0) is 11.3 Å². The SMILES string of the molecule is Cc1ccc(C(=O)NCCn2c(C)cnc2C2CCOCC2)s1. The number of amides is 1. The molecule has 5 nitrogen and oxygen atoms in total. The average molecular weight is 333 g/mol. The molecule has 0 atom stereocenters. The van der Waals surface area contributed by atoms with Crippen molar-refractivity contribution in [2.45, 2.75) is 39.2 Å². The molecule has 1 amide bonds. The van der Waals surface area contributed by atoms with Gasteiger partial charge in [0, 0.05) is 49.0 Å². The molecular formula is C17H23N3O2S. The maximum absolute atomic E-state index is 12.1. The van der Waals surface area contributed by atoms with Gasteiger partial charge in [-0.25, -0.2) is 4.98 Å². The lowest BCUT2D eigenvalue weighted by molar-refractivity contribution is 0.0827. The smallest absolute Gasteiger partial charge is 0.261 e. The van der Waals surface area contributed by atoms with E-state index in [1.165, 1.54) is 11.3 Å². The lowest BCUT2D eigenvalue weighted by Crippen LogP contribution is -2.28. The molecule has 2 aromatic rings. The van der Waals surface area contributed by atoms with E-state index in [9.17, 15) is 4.79 Å². The highest BCUT2D eigenvalue weighted by molar-refractivity contribution is 7.13. The predicted octanol–water partition coefficient (Wildman–Crippen LogP) is 2.89. The highest BCUT2D eigenvalue weighted by Gasteiger charge is 2.21. The van der Waals surface area contributed by atoms with Gasteiger partial charge in [0.2, 0.25) is 0 Å². The highest BCUT2D eigenvalue weighted by atomic mass is 32.1.